The number of carbonyl (C=O) groups excluding carboxylic acids is 1. The maximum atomic E-state index is 11.5. The molecule has 7 heteroatoms. The van der Waals surface area contributed by atoms with Crippen LogP contribution in [0.4, 0.5) is 11.6 Å². The van der Waals surface area contributed by atoms with Gasteiger partial charge in [0.15, 0.2) is 0 Å². The van der Waals surface area contributed by atoms with E-state index in [2.05, 4.69) is 10.3 Å². The number of aromatic nitrogens is 2. The lowest BCUT2D eigenvalue weighted by atomic mass is 10.2. The highest BCUT2D eigenvalue weighted by Crippen LogP contribution is 2.23. The first-order chi connectivity index (χ1) is 11.7. The first-order valence-corrected chi connectivity index (χ1v) is 7.48. The van der Waals surface area contributed by atoms with E-state index >= 15 is 0 Å². The van der Waals surface area contributed by atoms with Crippen LogP contribution in [0.3, 0.4) is 0 Å². The van der Waals surface area contributed by atoms with Crippen LogP contribution in [-0.2, 0) is 11.3 Å². The van der Waals surface area contributed by atoms with Crippen molar-refractivity contribution in [3.8, 4) is 0 Å². The molecule has 3 N–H and O–H groups in total. The number of hydrogen-bond acceptors (Lipinski definition) is 5. The molecule has 0 unspecified atom stereocenters. The summed E-state index contributed by atoms with van der Waals surface area (Å²) in [5.41, 5.74) is 4.55. The van der Waals surface area contributed by atoms with Gasteiger partial charge in [0.1, 0.15) is 0 Å². The number of hydrogen-bond donors (Lipinski definition) is 3. The molecule has 1 aromatic heterocycles. The zero-order chi connectivity index (χ0) is 16.9. The minimum Gasteiger partial charge on any atom is -0.383 e. The van der Waals surface area contributed by atoms with Crippen LogP contribution in [0.15, 0.2) is 48.5 Å². The van der Waals surface area contributed by atoms with E-state index in [-0.39, 0.29) is 0 Å². The van der Waals surface area contributed by atoms with Crippen molar-refractivity contribution in [2.75, 3.05) is 19.0 Å². The van der Waals surface area contributed by atoms with Gasteiger partial charge in [-0.15, -0.1) is 0 Å². The second-order valence-electron chi connectivity index (χ2n) is 5.22. The van der Waals surface area contributed by atoms with E-state index in [1.165, 1.54) is 0 Å². The molecular formula is C17H18N4O3. The summed E-state index contributed by atoms with van der Waals surface area (Å²) in [5, 5.41) is 12.0. The molecule has 3 aromatic rings. The third-order valence-corrected chi connectivity index (χ3v) is 3.66. The zero-order valence-corrected chi connectivity index (χ0v) is 13.2. The molecule has 2 aromatic carbocycles. The predicted octanol–water partition coefficient (Wildman–Crippen LogP) is 2.55. The standard InChI is InChI=1S/C17H18N4O3/c1-24-10-9-21-15-8-3-2-7-14(15)19-17(21)18-13-6-4-5-12(11-13)16(22)20-23/h2-8,11,23H,9-10H2,1H3,(H,18,19)(H,20,22). The van der Waals surface area contributed by atoms with Crippen LogP contribution < -0.4 is 10.8 Å². The van der Waals surface area contributed by atoms with E-state index < -0.39 is 5.91 Å². The van der Waals surface area contributed by atoms with Crippen molar-refractivity contribution in [2.45, 2.75) is 6.54 Å². The Labute approximate surface area is 138 Å². The van der Waals surface area contributed by atoms with Crippen LogP contribution in [0, 0.1) is 0 Å². The summed E-state index contributed by atoms with van der Waals surface area (Å²) in [7, 11) is 1.66. The fourth-order valence-corrected chi connectivity index (χ4v) is 2.51. The second kappa shape index (κ2) is 7.12. The molecule has 0 atom stereocenters. The highest BCUT2D eigenvalue weighted by Gasteiger charge is 2.11. The summed E-state index contributed by atoms with van der Waals surface area (Å²) < 4.78 is 7.20. The number of imidazole rings is 1. The molecule has 0 spiro atoms. The van der Waals surface area contributed by atoms with Crippen molar-refractivity contribution >= 4 is 28.6 Å². The number of rotatable bonds is 6. The van der Waals surface area contributed by atoms with E-state index in [9.17, 15) is 4.79 Å². The number of hydroxylamine groups is 1. The van der Waals surface area contributed by atoms with E-state index in [1.807, 2.05) is 34.9 Å². The normalized spacial score (nSPS) is 10.8. The molecule has 0 aliphatic carbocycles. The fraction of sp³-hybridized carbons (Fsp3) is 0.176. The number of fused-ring (bicyclic) bond motifs is 1. The largest absolute Gasteiger partial charge is 0.383 e. The number of carbonyl (C=O) groups is 1. The molecule has 0 bridgehead atoms. The van der Waals surface area contributed by atoms with Crippen molar-refractivity contribution < 1.29 is 14.7 Å². The molecule has 1 heterocycles. The highest BCUT2D eigenvalue weighted by molar-refractivity contribution is 5.94. The van der Waals surface area contributed by atoms with E-state index in [0.717, 1.165) is 11.0 Å². The van der Waals surface area contributed by atoms with Crippen LogP contribution in [0.5, 0.6) is 0 Å². The summed E-state index contributed by atoms with van der Waals surface area (Å²) in [5.74, 6) is 0.0985. The van der Waals surface area contributed by atoms with Gasteiger partial charge in [0.25, 0.3) is 5.91 Å². The first kappa shape index (κ1) is 16.0. The lowest BCUT2D eigenvalue weighted by molar-refractivity contribution is 0.0706. The van der Waals surface area contributed by atoms with Gasteiger partial charge in [0, 0.05) is 24.9 Å². The monoisotopic (exact) mass is 326 g/mol. The summed E-state index contributed by atoms with van der Waals surface area (Å²) in [4.78, 5) is 16.1. The number of methoxy groups -OCH3 is 1. The lowest BCUT2D eigenvalue weighted by Crippen LogP contribution is -2.18. The molecule has 0 saturated heterocycles. The van der Waals surface area contributed by atoms with Gasteiger partial charge in [0.2, 0.25) is 5.95 Å². The average molecular weight is 326 g/mol. The van der Waals surface area contributed by atoms with Crippen molar-refractivity contribution in [1.29, 1.82) is 0 Å². The molecular weight excluding hydrogens is 308 g/mol. The van der Waals surface area contributed by atoms with E-state index in [4.69, 9.17) is 9.94 Å². The third kappa shape index (κ3) is 3.22. The summed E-state index contributed by atoms with van der Waals surface area (Å²) in [6, 6.07) is 14.7. The number of benzene rings is 2. The summed E-state index contributed by atoms with van der Waals surface area (Å²) >= 11 is 0. The van der Waals surface area contributed by atoms with Gasteiger partial charge in [-0.1, -0.05) is 18.2 Å². The first-order valence-electron chi connectivity index (χ1n) is 7.48. The zero-order valence-electron chi connectivity index (χ0n) is 13.2. The maximum Gasteiger partial charge on any atom is 0.274 e. The molecule has 7 nitrogen and oxygen atoms in total. The molecule has 0 aliphatic heterocycles. The molecule has 0 saturated carbocycles. The molecule has 1 amide bonds. The van der Waals surface area contributed by atoms with Crippen LogP contribution in [0.1, 0.15) is 10.4 Å². The lowest BCUT2D eigenvalue weighted by Gasteiger charge is -2.11. The number of ether oxygens (including phenoxy) is 1. The Bertz CT molecular complexity index is 860. The maximum absolute atomic E-state index is 11.5. The number of para-hydroxylation sites is 2. The van der Waals surface area contributed by atoms with Gasteiger partial charge in [-0.05, 0) is 30.3 Å². The third-order valence-electron chi connectivity index (χ3n) is 3.66. The Hall–Kier alpha value is -2.90. The fourth-order valence-electron chi connectivity index (χ4n) is 2.51. The number of nitrogens with zero attached hydrogens (tertiary/aromatic N) is 2. The molecule has 0 fully saturated rings. The summed E-state index contributed by atoms with van der Waals surface area (Å²) in [6.45, 7) is 1.21. The van der Waals surface area contributed by atoms with Crippen LogP contribution in [-0.4, -0.2) is 34.4 Å². The Kier molecular flexibility index (Phi) is 4.74. The Morgan fingerprint density at radius 1 is 1.25 bits per heavy atom. The smallest absolute Gasteiger partial charge is 0.274 e. The van der Waals surface area contributed by atoms with Gasteiger partial charge < -0.3 is 14.6 Å². The number of anilines is 2. The van der Waals surface area contributed by atoms with Crippen LogP contribution >= 0.6 is 0 Å². The SMILES string of the molecule is COCCn1c(Nc2cccc(C(=O)NO)c2)nc2ccccc21. The van der Waals surface area contributed by atoms with Crippen molar-refractivity contribution in [2.24, 2.45) is 0 Å². The quantitative estimate of drug-likeness (QED) is 0.478. The van der Waals surface area contributed by atoms with Gasteiger partial charge >= 0.3 is 0 Å². The minimum absolute atomic E-state index is 0.349. The van der Waals surface area contributed by atoms with E-state index in [0.29, 0.717) is 30.4 Å². The van der Waals surface area contributed by atoms with E-state index in [1.54, 1.807) is 30.8 Å². The molecule has 0 radical (unpaired) electrons. The highest BCUT2D eigenvalue weighted by atomic mass is 16.5. The Morgan fingerprint density at radius 2 is 2.08 bits per heavy atom. The van der Waals surface area contributed by atoms with Crippen LogP contribution in [0.2, 0.25) is 0 Å². The molecule has 0 aliphatic rings. The average Bonchev–Trinajstić information content (AvgIpc) is 2.96. The van der Waals surface area contributed by atoms with Gasteiger partial charge in [-0.3, -0.25) is 10.0 Å². The second-order valence-corrected chi connectivity index (χ2v) is 5.22. The topological polar surface area (TPSA) is 88.4 Å². The Morgan fingerprint density at radius 3 is 2.88 bits per heavy atom. The molecule has 24 heavy (non-hydrogen) atoms. The van der Waals surface area contributed by atoms with Gasteiger partial charge in [-0.25, -0.2) is 10.5 Å². The van der Waals surface area contributed by atoms with Gasteiger partial charge in [-0.2, -0.15) is 0 Å². The Balaban J connectivity index is 1.96. The van der Waals surface area contributed by atoms with Gasteiger partial charge in [0.05, 0.1) is 17.6 Å². The minimum atomic E-state index is -0.563. The van der Waals surface area contributed by atoms with Crippen LogP contribution in [0.25, 0.3) is 11.0 Å². The number of nitrogens with one attached hydrogen (secondary N) is 2. The number of amides is 1. The van der Waals surface area contributed by atoms with Crippen molar-refractivity contribution in [3.05, 3.63) is 54.1 Å². The molecule has 3 rings (SSSR count). The van der Waals surface area contributed by atoms with Crippen molar-refractivity contribution in [3.63, 3.8) is 0 Å². The summed E-state index contributed by atoms with van der Waals surface area (Å²) in [6.07, 6.45) is 0. The molecule has 124 valence electrons. The predicted molar refractivity (Wildman–Crippen MR) is 90.6 cm³/mol. The van der Waals surface area contributed by atoms with Crippen molar-refractivity contribution in [1.82, 2.24) is 15.0 Å².